The lowest BCUT2D eigenvalue weighted by atomic mass is 10.1. The summed E-state index contributed by atoms with van der Waals surface area (Å²) in [4.78, 5) is 33.6. The Morgan fingerprint density at radius 2 is 1.81 bits per heavy atom. The Morgan fingerprint density at radius 1 is 1.06 bits per heavy atom. The molecule has 3 aromatic heterocycles. The molecule has 0 aliphatic carbocycles. The van der Waals surface area contributed by atoms with Crippen molar-refractivity contribution >= 4 is 39.6 Å². The van der Waals surface area contributed by atoms with Gasteiger partial charge in [-0.05, 0) is 38.5 Å². The minimum absolute atomic E-state index is 0.0653. The van der Waals surface area contributed by atoms with Crippen LogP contribution in [0.4, 0.5) is 5.13 Å². The molecule has 1 unspecified atom stereocenters. The van der Waals surface area contributed by atoms with Crippen LogP contribution in [0, 0.1) is 13.8 Å². The van der Waals surface area contributed by atoms with Crippen molar-refractivity contribution in [2.75, 3.05) is 5.32 Å². The molecule has 0 aliphatic heterocycles. The maximum Gasteiger partial charge on any atom is 0.269 e. The first-order valence-electron chi connectivity index (χ1n) is 9.98. The SMILES string of the molecule is CC(=O)NC(C)c1ccc(-c2csc(NC(=O)c3sc(-c4ccc(C)o4)nc3C)n2)cc1. The average Bonchev–Trinajstić information content (AvgIpc) is 3.47. The number of amides is 2. The van der Waals surface area contributed by atoms with Crippen LogP contribution in [0.5, 0.6) is 0 Å². The molecule has 7 nitrogen and oxygen atoms in total. The zero-order valence-corrected chi connectivity index (χ0v) is 19.7. The second-order valence-electron chi connectivity index (χ2n) is 7.38. The summed E-state index contributed by atoms with van der Waals surface area (Å²) in [6.45, 7) is 7.12. The number of benzene rings is 1. The van der Waals surface area contributed by atoms with E-state index >= 15 is 0 Å². The van der Waals surface area contributed by atoms with E-state index in [0.717, 1.165) is 22.6 Å². The first-order valence-corrected chi connectivity index (χ1v) is 11.7. The van der Waals surface area contributed by atoms with Crippen LogP contribution in [0.1, 0.15) is 46.6 Å². The van der Waals surface area contributed by atoms with Gasteiger partial charge in [-0.15, -0.1) is 22.7 Å². The normalized spacial score (nSPS) is 11.9. The predicted octanol–water partition coefficient (Wildman–Crippen LogP) is 5.59. The van der Waals surface area contributed by atoms with Crippen molar-refractivity contribution in [3.05, 3.63) is 63.7 Å². The van der Waals surface area contributed by atoms with Crippen LogP contribution < -0.4 is 10.6 Å². The van der Waals surface area contributed by atoms with Gasteiger partial charge in [-0.1, -0.05) is 24.3 Å². The van der Waals surface area contributed by atoms with Crippen LogP contribution in [0.2, 0.25) is 0 Å². The molecule has 2 amide bonds. The smallest absolute Gasteiger partial charge is 0.269 e. The van der Waals surface area contributed by atoms with Crippen LogP contribution in [0.15, 0.2) is 46.2 Å². The van der Waals surface area contributed by atoms with Gasteiger partial charge in [0.15, 0.2) is 15.9 Å². The van der Waals surface area contributed by atoms with E-state index in [4.69, 9.17) is 4.42 Å². The van der Waals surface area contributed by atoms with Gasteiger partial charge in [0.05, 0.1) is 17.4 Å². The Morgan fingerprint density at radius 3 is 2.47 bits per heavy atom. The summed E-state index contributed by atoms with van der Waals surface area (Å²) in [5.41, 5.74) is 3.37. The van der Waals surface area contributed by atoms with E-state index in [1.165, 1.54) is 29.6 Å². The number of rotatable bonds is 6. The lowest BCUT2D eigenvalue weighted by Gasteiger charge is -2.12. The molecule has 0 bridgehead atoms. The molecule has 164 valence electrons. The van der Waals surface area contributed by atoms with Crippen molar-refractivity contribution in [3.8, 4) is 22.0 Å². The second kappa shape index (κ2) is 9.05. The van der Waals surface area contributed by atoms with Gasteiger partial charge in [-0.2, -0.15) is 0 Å². The van der Waals surface area contributed by atoms with E-state index in [0.29, 0.717) is 26.5 Å². The Kier molecular flexibility index (Phi) is 6.20. The third kappa shape index (κ3) is 4.79. The number of hydrogen-bond donors (Lipinski definition) is 2. The van der Waals surface area contributed by atoms with Crippen molar-refractivity contribution in [2.45, 2.75) is 33.7 Å². The molecule has 4 rings (SSSR count). The van der Waals surface area contributed by atoms with E-state index in [1.54, 1.807) is 0 Å². The molecule has 9 heteroatoms. The maximum atomic E-state index is 12.8. The molecule has 3 heterocycles. The van der Waals surface area contributed by atoms with E-state index in [1.807, 2.05) is 62.5 Å². The topological polar surface area (TPSA) is 97.1 Å². The lowest BCUT2D eigenvalue weighted by molar-refractivity contribution is -0.119. The number of furan rings is 1. The number of hydrogen-bond acceptors (Lipinski definition) is 7. The minimum Gasteiger partial charge on any atom is -0.459 e. The standard InChI is InChI=1S/C23H22N4O3S2/c1-12-5-10-19(30-12)22-25-14(3)20(32-22)21(29)27-23-26-18(11-31-23)17-8-6-16(7-9-17)13(2)24-15(4)28/h5-11,13H,1-4H3,(H,24,28)(H,26,27,29). The quantitative estimate of drug-likeness (QED) is 0.386. The summed E-state index contributed by atoms with van der Waals surface area (Å²) >= 11 is 2.66. The first kappa shape index (κ1) is 21.9. The van der Waals surface area contributed by atoms with Crippen LogP contribution in [-0.2, 0) is 4.79 Å². The van der Waals surface area contributed by atoms with Crippen LogP contribution in [0.3, 0.4) is 0 Å². The second-order valence-corrected chi connectivity index (χ2v) is 9.24. The summed E-state index contributed by atoms with van der Waals surface area (Å²) in [5, 5.41) is 8.83. The van der Waals surface area contributed by atoms with E-state index in [2.05, 4.69) is 20.6 Å². The maximum absolute atomic E-state index is 12.8. The molecule has 32 heavy (non-hydrogen) atoms. The highest BCUT2D eigenvalue weighted by atomic mass is 32.1. The fourth-order valence-electron chi connectivity index (χ4n) is 3.21. The molecule has 0 fully saturated rings. The summed E-state index contributed by atoms with van der Waals surface area (Å²) < 4.78 is 5.62. The average molecular weight is 467 g/mol. The summed E-state index contributed by atoms with van der Waals surface area (Å²) in [7, 11) is 0. The third-order valence-electron chi connectivity index (χ3n) is 4.80. The largest absolute Gasteiger partial charge is 0.459 e. The molecule has 0 aliphatic rings. The van der Waals surface area contributed by atoms with Crippen molar-refractivity contribution in [2.24, 2.45) is 0 Å². The number of aromatic nitrogens is 2. The zero-order valence-electron chi connectivity index (χ0n) is 18.1. The number of carbonyl (C=O) groups excluding carboxylic acids is 2. The predicted molar refractivity (Wildman–Crippen MR) is 127 cm³/mol. The van der Waals surface area contributed by atoms with Crippen LogP contribution in [0.25, 0.3) is 22.0 Å². The van der Waals surface area contributed by atoms with Gasteiger partial charge in [0.2, 0.25) is 5.91 Å². The molecule has 1 atom stereocenters. The van der Waals surface area contributed by atoms with Gasteiger partial charge in [0, 0.05) is 17.9 Å². The number of nitrogens with one attached hydrogen (secondary N) is 2. The number of aryl methyl sites for hydroxylation is 2. The van der Waals surface area contributed by atoms with Crippen molar-refractivity contribution < 1.29 is 14.0 Å². The van der Waals surface area contributed by atoms with Gasteiger partial charge in [-0.25, -0.2) is 9.97 Å². The molecule has 0 saturated heterocycles. The van der Waals surface area contributed by atoms with Gasteiger partial charge in [0.1, 0.15) is 10.6 Å². The highest BCUT2D eigenvalue weighted by Gasteiger charge is 2.19. The number of nitrogens with zero attached hydrogens (tertiary/aromatic N) is 2. The first-order chi connectivity index (χ1) is 15.3. The third-order valence-corrected chi connectivity index (χ3v) is 6.73. The van der Waals surface area contributed by atoms with Gasteiger partial charge >= 0.3 is 0 Å². The minimum atomic E-state index is -0.241. The van der Waals surface area contributed by atoms with Crippen molar-refractivity contribution in [1.82, 2.24) is 15.3 Å². The van der Waals surface area contributed by atoms with Crippen molar-refractivity contribution in [1.29, 1.82) is 0 Å². The molecule has 0 saturated carbocycles. The zero-order chi connectivity index (χ0) is 22.8. The van der Waals surface area contributed by atoms with E-state index in [-0.39, 0.29) is 17.9 Å². The molecule has 1 aromatic carbocycles. The Bertz CT molecular complexity index is 1270. The fraction of sp³-hybridized carbons (Fsp3) is 0.217. The monoisotopic (exact) mass is 466 g/mol. The van der Waals surface area contributed by atoms with Gasteiger partial charge < -0.3 is 9.73 Å². The van der Waals surface area contributed by atoms with Gasteiger partial charge in [0.25, 0.3) is 5.91 Å². The Hall–Kier alpha value is -3.30. The molecular formula is C23H22N4O3S2. The molecule has 0 spiro atoms. The molecule has 0 radical (unpaired) electrons. The Labute approximate surface area is 193 Å². The summed E-state index contributed by atoms with van der Waals surface area (Å²) in [5.74, 6) is 1.15. The number of carbonyl (C=O) groups is 2. The van der Waals surface area contributed by atoms with Gasteiger partial charge in [-0.3, -0.25) is 14.9 Å². The molecular weight excluding hydrogens is 444 g/mol. The van der Waals surface area contributed by atoms with E-state index < -0.39 is 0 Å². The van der Waals surface area contributed by atoms with Crippen LogP contribution in [-0.4, -0.2) is 21.8 Å². The fourth-order valence-corrected chi connectivity index (χ4v) is 4.85. The Balaban J connectivity index is 1.46. The summed E-state index contributed by atoms with van der Waals surface area (Å²) in [6.07, 6.45) is 0. The van der Waals surface area contributed by atoms with E-state index in [9.17, 15) is 9.59 Å². The van der Waals surface area contributed by atoms with Crippen LogP contribution >= 0.6 is 22.7 Å². The summed E-state index contributed by atoms with van der Waals surface area (Å²) in [6, 6.07) is 11.5. The molecule has 2 N–H and O–H groups in total. The highest BCUT2D eigenvalue weighted by Crippen LogP contribution is 2.31. The highest BCUT2D eigenvalue weighted by molar-refractivity contribution is 7.17. The molecule has 4 aromatic rings. The number of thiazole rings is 2. The lowest BCUT2D eigenvalue weighted by Crippen LogP contribution is -2.23. The number of anilines is 1. The van der Waals surface area contributed by atoms with Crippen molar-refractivity contribution in [3.63, 3.8) is 0 Å².